The summed E-state index contributed by atoms with van der Waals surface area (Å²) < 4.78 is 10.4. The Bertz CT molecular complexity index is 933. The summed E-state index contributed by atoms with van der Waals surface area (Å²) in [5, 5.41) is 22.9. The van der Waals surface area contributed by atoms with Crippen LogP contribution in [0.25, 0.3) is 11.1 Å². The van der Waals surface area contributed by atoms with Gasteiger partial charge in [-0.05, 0) is 22.3 Å². The van der Waals surface area contributed by atoms with E-state index in [9.17, 15) is 19.5 Å². The lowest BCUT2D eigenvalue weighted by atomic mass is 9.98. The topological polar surface area (TPSA) is 134 Å². The molecule has 2 unspecified atom stereocenters. The largest absolute Gasteiger partial charge is 0.479 e. The van der Waals surface area contributed by atoms with Crippen LogP contribution >= 0.6 is 0 Å². The number of aliphatic carboxylic acids is 1. The number of carbonyl (C=O) groups is 3. The lowest BCUT2D eigenvalue weighted by Crippen LogP contribution is -2.49. The number of alkyl carbamates (subject to hydrolysis) is 1. The molecule has 0 radical (unpaired) electrons. The van der Waals surface area contributed by atoms with Crippen molar-refractivity contribution in [1.82, 2.24) is 10.6 Å². The monoisotopic (exact) mass is 442 g/mol. The number of methoxy groups -OCH3 is 1. The highest BCUT2D eigenvalue weighted by Gasteiger charge is 2.30. The molecule has 170 valence electrons. The molecule has 0 bridgehead atoms. The lowest BCUT2D eigenvalue weighted by Gasteiger charge is -2.20. The summed E-state index contributed by atoms with van der Waals surface area (Å²) in [5.74, 6) is -2.22. The molecular weight excluding hydrogens is 416 g/mol. The highest BCUT2D eigenvalue weighted by atomic mass is 16.5. The summed E-state index contributed by atoms with van der Waals surface area (Å²) in [6.45, 7) is -0.205. The standard InChI is InChI=1S/C23H26N2O7/c1-31-11-10-19(21(27)24-12-20(26)22(28)29)25-23(30)32-13-18-16-8-4-2-6-14(16)15-7-3-5-9-17(15)18/h2-9,18-20,26H,10-13H2,1H3,(H,24,27)(H,25,30)(H,28,29). The van der Waals surface area contributed by atoms with Gasteiger partial charge in [-0.3, -0.25) is 4.79 Å². The molecule has 0 fully saturated rings. The van der Waals surface area contributed by atoms with Gasteiger partial charge in [-0.1, -0.05) is 48.5 Å². The second-order valence-corrected chi connectivity index (χ2v) is 7.40. The van der Waals surface area contributed by atoms with Crippen molar-refractivity contribution in [2.24, 2.45) is 0 Å². The normalized spacial score (nSPS) is 14.1. The number of nitrogens with one attached hydrogen (secondary N) is 2. The number of fused-ring (bicyclic) bond motifs is 3. The van der Waals surface area contributed by atoms with Gasteiger partial charge in [-0.2, -0.15) is 0 Å². The maximum Gasteiger partial charge on any atom is 0.407 e. The Labute approximate surface area is 185 Å². The number of carboxylic acids is 1. The fourth-order valence-corrected chi connectivity index (χ4v) is 3.69. The molecule has 1 aliphatic rings. The fraction of sp³-hybridized carbons (Fsp3) is 0.348. The molecule has 9 nitrogen and oxygen atoms in total. The predicted octanol–water partition coefficient (Wildman–Crippen LogP) is 1.49. The summed E-state index contributed by atoms with van der Waals surface area (Å²) >= 11 is 0. The second-order valence-electron chi connectivity index (χ2n) is 7.40. The van der Waals surface area contributed by atoms with Gasteiger partial charge in [0.2, 0.25) is 5.91 Å². The fourth-order valence-electron chi connectivity index (χ4n) is 3.69. The van der Waals surface area contributed by atoms with Gasteiger partial charge in [0.1, 0.15) is 12.6 Å². The molecular formula is C23H26N2O7. The number of hydrogen-bond donors (Lipinski definition) is 4. The molecule has 0 saturated carbocycles. The zero-order chi connectivity index (χ0) is 23.1. The number of ether oxygens (including phenoxy) is 2. The van der Waals surface area contributed by atoms with Crippen LogP contribution in [0.2, 0.25) is 0 Å². The summed E-state index contributed by atoms with van der Waals surface area (Å²) in [6, 6.07) is 14.9. The third kappa shape index (κ3) is 5.43. The van der Waals surface area contributed by atoms with E-state index in [1.165, 1.54) is 7.11 Å². The minimum absolute atomic E-state index is 0.0935. The third-order valence-corrected chi connectivity index (χ3v) is 5.32. The van der Waals surface area contributed by atoms with Crippen molar-refractivity contribution >= 4 is 18.0 Å². The number of amides is 2. The molecule has 2 aromatic carbocycles. The Hall–Kier alpha value is -3.43. The first-order valence-corrected chi connectivity index (χ1v) is 10.2. The molecule has 0 aromatic heterocycles. The number of hydrogen-bond acceptors (Lipinski definition) is 6. The van der Waals surface area contributed by atoms with Crippen molar-refractivity contribution in [3.8, 4) is 11.1 Å². The van der Waals surface area contributed by atoms with E-state index in [1.807, 2.05) is 48.5 Å². The molecule has 0 spiro atoms. The van der Waals surface area contributed by atoms with E-state index < -0.39 is 36.7 Å². The van der Waals surface area contributed by atoms with Crippen molar-refractivity contribution in [3.63, 3.8) is 0 Å². The first-order chi connectivity index (χ1) is 15.4. The Kier molecular flexibility index (Phi) is 7.80. The van der Waals surface area contributed by atoms with Crippen LogP contribution in [0, 0.1) is 0 Å². The molecule has 0 aliphatic heterocycles. The van der Waals surface area contributed by atoms with Crippen LogP contribution in [0.3, 0.4) is 0 Å². The highest BCUT2D eigenvalue weighted by Crippen LogP contribution is 2.44. The predicted molar refractivity (Wildman–Crippen MR) is 115 cm³/mol. The minimum Gasteiger partial charge on any atom is -0.479 e. The first kappa shape index (κ1) is 23.2. The van der Waals surface area contributed by atoms with Gasteiger partial charge in [0.15, 0.2) is 6.10 Å². The van der Waals surface area contributed by atoms with E-state index in [0.717, 1.165) is 22.3 Å². The maximum absolute atomic E-state index is 12.5. The molecule has 3 rings (SSSR count). The second kappa shape index (κ2) is 10.7. The van der Waals surface area contributed by atoms with E-state index in [4.69, 9.17) is 14.6 Å². The first-order valence-electron chi connectivity index (χ1n) is 10.2. The van der Waals surface area contributed by atoms with Gasteiger partial charge < -0.3 is 30.3 Å². The number of aliphatic hydroxyl groups excluding tert-OH is 1. The van der Waals surface area contributed by atoms with Gasteiger partial charge in [-0.25, -0.2) is 9.59 Å². The van der Waals surface area contributed by atoms with E-state index >= 15 is 0 Å². The summed E-state index contributed by atoms with van der Waals surface area (Å²) in [6.07, 6.45) is -2.37. The van der Waals surface area contributed by atoms with Crippen LogP contribution in [0.1, 0.15) is 23.5 Å². The molecule has 2 amide bonds. The zero-order valence-corrected chi connectivity index (χ0v) is 17.6. The van der Waals surface area contributed by atoms with Crippen molar-refractivity contribution in [3.05, 3.63) is 59.7 Å². The average Bonchev–Trinajstić information content (AvgIpc) is 3.12. The van der Waals surface area contributed by atoms with Crippen molar-refractivity contribution in [1.29, 1.82) is 0 Å². The Morgan fingerprint density at radius 2 is 1.62 bits per heavy atom. The van der Waals surface area contributed by atoms with E-state index in [0.29, 0.717) is 0 Å². The molecule has 9 heteroatoms. The minimum atomic E-state index is -1.74. The van der Waals surface area contributed by atoms with Gasteiger partial charge in [0.05, 0.1) is 6.54 Å². The quantitative estimate of drug-likeness (QED) is 0.438. The zero-order valence-electron chi connectivity index (χ0n) is 17.6. The number of aliphatic hydroxyl groups is 1. The van der Waals surface area contributed by atoms with Gasteiger partial charge in [-0.15, -0.1) is 0 Å². The summed E-state index contributed by atoms with van der Waals surface area (Å²) in [7, 11) is 1.45. The Morgan fingerprint density at radius 1 is 1.03 bits per heavy atom. The molecule has 0 heterocycles. The molecule has 1 aliphatic carbocycles. The lowest BCUT2D eigenvalue weighted by molar-refractivity contribution is -0.146. The van der Waals surface area contributed by atoms with Crippen molar-refractivity contribution in [2.45, 2.75) is 24.5 Å². The van der Waals surface area contributed by atoms with Crippen molar-refractivity contribution in [2.75, 3.05) is 26.9 Å². The SMILES string of the molecule is COCCC(NC(=O)OCC1c2ccccc2-c2ccccc21)C(=O)NCC(O)C(=O)O. The number of benzene rings is 2. The molecule has 4 N–H and O–H groups in total. The molecule has 2 atom stereocenters. The number of carboxylic acid groups (broad SMARTS) is 1. The molecule has 2 aromatic rings. The number of rotatable bonds is 10. The van der Waals surface area contributed by atoms with Gasteiger partial charge in [0, 0.05) is 26.1 Å². The van der Waals surface area contributed by atoms with Gasteiger partial charge >= 0.3 is 12.1 Å². The highest BCUT2D eigenvalue weighted by molar-refractivity contribution is 5.86. The summed E-state index contributed by atoms with van der Waals surface area (Å²) in [5.41, 5.74) is 4.34. The van der Waals surface area contributed by atoms with Crippen LogP contribution in [0.4, 0.5) is 4.79 Å². The van der Waals surface area contributed by atoms with Crippen LogP contribution in [-0.2, 0) is 19.1 Å². The van der Waals surface area contributed by atoms with Gasteiger partial charge in [0.25, 0.3) is 0 Å². The van der Waals surface area contributed by atoms with E-state index in [-0.39, 0.29) is 25.6 Å². The van der Waals surface area contributed by atoms with Crippen LogP contribution in [0.5, 0.6) is 0 Å². The smallest absolute Gasteiger partial charge is 0.407 e. The van der Waals surface area contributed by atoms with Crippen LogP contribution in [-0.4, -0.2) is 67.2 Å². The summed E-state index contributed by atoms with van der Waals surface area (Å²) in [4.78, 5) is 35.5. The molecule has 0 saturated heterocycles. The molecule has 32 heavy (non-hydrogen) atoms. The van der Waals surface area contributed by atoms with Crippen molar-refractivity contribution < 1.29 is 34.1 Å². The van der Waals surface area contributed by atoms with E-state index in [1.54, 1.807) is 0 Å². The Morgan fingerprint density at radius 3 is 2.19 bits per heavy atom. The van der Waals surface area contributed by atoms with E-state index in [2.05, 4.69) is 10.6 Å². The van der Waals surface area contributed by atoms with Crippen LogP contribution < -0.4 is 10.6 Å². The van der Waals surface area contributed by atoms with Crippen LogP contribution in [0.15, 0.2) is 48.5 Å². The Balaban J connectivity index is 1.61. The third-order valence-electron chi connectivity index (χ3n) is 5.32. The average molecular weight is 442 g/mol. The maximum atomic E-state index is 12.5. The number of carbonyl (C=O) groups excluding carboxylic acids is 2.